The van der Waals surface area contributed by atoms with Gasteiger partial charge in [0.05, 0.1) is 10.7 Å². The van der Waals surface area contributed by atoms with Crippen LogP contribution in [0.25, 0.3) is 0 Å². The van der Waals surface area contributed by atoms with Crippen LogP contribution in [0.1, 0.15) is 5.56 Å². The first-order valence-corrected chi connectivity index (χ1v) is 4.28. The molecule has 15 heavy (non-hydrogen) atoms. The summed E-state index contributed by atoms with van der Waals surface area (Å²) in [5, 5.41) is 2.04. The third kappa shape index (κ3) is 3.69. The van der Waals surface area contributed by atoms with Gasteiger partial charge in [-0.05, 0) is 30.4 Å². The van der Waals surface area contributed by atoms with E-state index in [0.717, 1.165) is 12.1 Å². The Morgan fingerprint density at radius 1 is 1.40 bits per heavy atom. The quantitative estimate of drug-likeness (QED) is 0.591. The number of ether oxygens (including phenoxy) is 1. The molecule has 80 valence electrons. The van der Waals surface area contributed by atoms with E-state index in [-0.39, 0.29) is 12.5 Å². The van der Waals surface area contributed by atoms with E-state index in [1.807, 2.05) is 5.16 Å². The second kappa shape index (κ2) is 4.91. The van der Waals surface area contributed by atoms with E-state index >= 15 is 0 Å². The van der Waals surface area contributed by atoms with Crippen molar-refractivity contribution in [3.63, 3.8) is 0 Å². The lowest BCUT2D eigenvalue weighted by atomic mass is 10.2. The molecule has 0 fully saturated rings. The van der Waals surface area contributed by atoms with Gasteiger partial charge in [0.2, 0.25) is 0 Å². The molecule has 0 saturated carbocycles. The maximum Gasteiger partial charge on any atom is 0.416 e. The molecule has 0 unspecified atom stereocenters. The highest BCUT2D eigenvalue weighted by Gasteiger charge is 2.30. The number of alkyl halides is 3. The number of nitrogens with zero attached hydrogens (tertiary/aromatic N) is 1. The molecule has 0 saturated heterocycles. The molecule has 2 nitrogen and oxygen atoms in total. The fourth-order valence-electron chi connectivity index (χ4n) is 0.895. The second-order valence-corrected chi connectivity index (χ2v) is 2.73. The van der Waals surface area contributed by atoms with Gasteiger partial charge in [-0.25, -0.2) is 0 Å². The summed E-state index contributed by atoms with van der Waals surface area (Å²) in [7, 11) is 0. The van der Waals surface area contributed by atoms with Crippen LogP contribution in [-0.2, 0) is 6.18 Å². The van der Waals surface area contributed by atoms with Crippen LogP contribution in [0.3, 0.4) is 0 Å². The molecular formula is C9H6F3NOS. The molecule has 0 radical (unpaired) electrons. The standard InChI is InChI=1S/C9H6F3NOS/c10-9(11,12)7-2-1-3-8(4-7)14-5-13-6-15/h1-4H,5H2. The molecule has 0 amide bonds. The van der Waals surface area contributed by atoms with Gasteiger partial charge in [-0.15, -0.1) is 0 Å². The summed E-state index contributed by atoms with van der Waals surface area (Å²) in [6.07, 6.45) is -4.37. The fraction of sp³-hybridized carbons (Fsp3) is 0.222. The predicted molar refractivity (Wildman–Crippen MR) is 52.0 cm³/mol. The molecule has 0 aromatic heterocycles. The second-order valence-electron chi connectivity index (χ2n) is 2.55. The maximum absolute atomic E-state index is 12.2. The molecule has 0 bridgehead atoms. The number of benzene rings is 1. The number of isothiocyanates is 1. The van der Waals surface area contributed by atoms with E-state index in [2.05, 4.69) is 17.2 Å². The van der Waals surface area contributed by atoms with Gasteiger partial charge in [0, 0.05) is 0 Å². The van der Waals surface area contributed by atoms with Gasteiger partial charge in [0.25, 0.3) is 0 Å². The number of halogens is 3. The highest BCUT2D eigenvalue weighted by molar-refractivity contribution is 7.78. The Labute approximate surface area is 89.4 Å². The average molecular weight is 233 g/mol. The first-order chi connectivity index (χ1) is 7.04. The fourth-order valence-corrected chi connectivity index (χ4v) is 0.948. The summed E-state index contributed by atoms with van der Waals surface area (Å²) >= 11 is 4.28. The number of rotatable bonds is 3. The van der Waals surface area contributed by atoms with Gasteiger partial charge in [-0.2, -0.15) is 18.2 Å². The number of aliphatic imine (C=N–C) groups is 1. The van der Waals surface area contributed by atoms with Crippen LogP contribution in [0.5, 0.6) is 5.75 Å². The molecule has 6 heteroatoms. The Morgan fingerprint density at radius 2 is 2.13 bits per heavy atom. The molecule has 0 aliphatic carbocycles. The van der Waals surface area contributed by atoms with Crippen molar-refractivity contribution in [3.05, 3.63) is 29.8 Å². The summed E-state index contributed by atoms with van der Waals surface area (Å²) < 4.78 is 41.6. The minimum absolute atomic E-state index is 0.0961. The molecule has 0 aliphatic heterocycles. The van der Waals surface area contributed by atoms with E-state index in [4.69, 9.17) is 4.74 Å². The van der Waals surface area contributed by atoms with Crippen LogP contribution in [0.15, 0.2) is 29.3 Å². The minimum atomic E-state index is -4.37. The molecule has 0 aliphatic rings. The highest BCUT2D eigenvalue weighted by Crippen LogP contribution is 2.31. The zero-order chi connectivity index (χ0) is 11.3. The van der Waals surface area contributed by atoms with Crippen molar-refractivity contribution in [2.45, 2.75) is 6.18 Å². The molecule has 0 atom stereocenters. The zero-order valence-electron chi connectivity index (χ0n) is 7.41. The van der Waals surface area contributed by atoms with Gasteiger partial charge in [0.15, 0.2) is 6.73 Å². The summed E-state index contributed by atoms with van der Waals surface area (Å²) in [6, 6.07) is 4.54. The van der Waals surface area contributed by atoms with E-state index < -0.39 is 11.7 Å². The third-order valence-corrected chi connectivity index (χ3v) is 1.65. The van der Waals surface area contributed by atoms with Crippen LogP contribution >= 0.6 is 12.2 Å². The first-order valence-electron chi connectivity index (χ1n) is 3.88. The van der Waals surface area contributed by atoms with Gasteiger partial charge < -0.3 is 4.74 Å². The van der Waals surface area contributed by atoms with E-state index in [0.29, 0.717) is 0 Å². The Hall–Kier alpha value is -1.39. The van der Waals surface area contributed by atoms with Crippen molar-refractivity contribution in [2.24, 2.45) is 4.99 Å². The third-order valence-electron chi connectivity index (χ3n) is 1.52. The van der Waals surface area contributed by atoms with E-state index in [1.54, 1.807) is 0 Å². The summed E-state index contributed by atoms with van der Waals surface area (Å²) in [6.45, 7) is -0.134. The molecule has 0 spiro atoms. The smallest absolute Gasteiger partial charge is 0.416 e. The number of thiocarbonyl (C=S) groups is 1. The summed E-state index contributed by atoms with van der Waals surface area (Å²) in [5.41, 5.74) is -0.758. The van der Waals surface area contributed by atoms with Gasteiger partial charge in [-0.1, -0.05) is 6.07 Å². The van der Waals surface area contributed by atoms with Gasteiger partial charge in [0.1, 0.15) is 5.75 Å². The van der Waals surface area contributed by atoms with Crippen molar-refractivity contribution in [1.82, 2.24) is 0 Å². The monoisotopic (exact) mass is 233 g/mol. The van der Waals surface area contributed by atoms with Crippen LogP contribution in [0.2, 0.25) is 0 Å². The first kappa shape index (κ1) is 11.7. The molecule has 0 heterocycles. The average Bonchev–Trinajstić information content (AvgIpc) is 2.17. The lowest BCUT2D eigenvalue weighted by Gasteiger charge is -2.08. The number of hydrogen-bond acceptors (Lipinski definition) is 3. The predicted octanol–water partition coefficient (Wildman–Crippen LogP) is 3.14. The lowest BCUT2D eigenvalue weighted by Crippen LogP contribution is -2.05. The van der Waals surface area contributed by atoms with E-state index in [9.17, 15) is 13.2 Å². The van der Waals surface area contributed by atoms with Crippen molar-refractivity contribution in [2.75, 3.05) is 6.73 Å². The topological polar surface area (TPSA) is 21.6 Å². The Bertz CT molecular complexity index is 385. The van der Waals surface area contributed by atoms with Crippen molar-refractivity contribution in [3.8, 4) is 5.75 Å². The number of hydrogen-bond donors (Lipinski definition) is 0. The molecule has 1 rings (SSSR count). The SMILES string of the molecule is FC(F)(F)c1cccc(OCN=C=S)c1. The summed E-state index contributed by atoms with van der Waals surface area (Å²) in [4.78, 5) is 3.42. The Kier molecular flexibility index (Phi) is 3.82. The Balaban J connectivity index is 2.79. The normalized spacial score (nSPS) is 10.6. The largest absolute Gasteiger partial charge is 0.471 e. The molecule has 1 aromatic rings. The van der Waals surface area contributed by atoms with Crippen LogP contribution in [-0.4, -0.2) is 11.9 Å². The summed E-state index contributed by atoms with van der Waals surface area (Å²) in [5.74, 6) is 0.0961. The van der Waals surface area contributed by atoms with Crippen molar-refractivity contribution in [1.29, 1.82) is 0 Å². The van der Waals surface area contributed by atoms with Crippen LogP contribution in [0, 0.1) is 0 Å². The zero-order valence-corrected chi connectivity index (χ0v) is 8.23. The van der Waals surface area contributed by atoms with Crippen molar-refractivity contribution < 1.29 is 17.9 Å². The molecular weight excluding hydrogens is 227 g/mol. The van der Waals surface area contributed by atoms with Gasteiger partial charge >= 0.3 is 6.18 Å². The van der Waals surface area contributed by atoms with E-state index in [1.165, 1.54) is 12.1 Å². The van der Waals surface area contributed by atoms with Crippen LogP contribution in [0.4, 0.5) is 13.2 Å². The maximum atomic E-state index is 12.2. The van der Waals surface area contributed by atoms with Crippen LogP contribution < -0.4 is 4.74 Å². The molecule has 0 N–H and O–H groups in total. The Morgan fingerprint density at radius 3 is 2.73 bits per heavy atom. The lowest BCUT2D eigenvalue weighted by molar-refractivity contribution is -0.137. The van der Waals surface area contributed by atoms with Gasteiger partial charge in [-0.3, -0.25) is 0 Å². The minimum Gasteiger partial charge on any atom is -0.471 e. The highest BCUT2D eigenvalue weighted by atomic mass is 32.1. The van der Waals surface area contributed by atoms with Crippen molar-refractivity contribution >= 4 is 17.4 Å². The molecule has 1 aromatic carbocycles.